The first kappa shape index (κ1) is 19.6. The van der Waals surface area contributed by atoms with Gasteiger partial charge < -0.3 is 14.7 Å². The third kappa shape index (κ3) is 4.51. The summed E-state index contributed by atoms with van der Waals surface area (Å²) in [5, 5.41) is 8.01. The van der Waals surface area contributed by atoms with Crippen LogP contribution in [0.3, 0.4) is 0 Å². The molecule has 1 N–H and O–H groups in total. The van der Waals surface area contributed by atoms with Gasteiger partial charge in [-0.05, 0) is 48.4 Å². The van der Waals surface area contributed by atoms with Crippen LogP contribution in [0.5, 0.6) is 0 Å². The van der Waals surface area contributed by atoms with Gasteiger partial charge >= 0.3 is 0 Å². The molecular weight excluding hydrogens is 360 g/mol. The van der Waals surface area contributed by atoms with Crippen molar-refractivity contribution in [2.75, 3.05) is 11.9 Å². The van der Waals surface area contributed by atoms with Gasteiger partial charge in [-0.3, -0.25) is 4.98 Å². The molecule has 2 heterocycles. The molecule has 1 aromatic carbocycles. The van der Waals surface area contributed by atoms with E-state index >= 15 is 0 Å². The van der Waals surface area contributed by atoms with Crippen LogP contribution in [0.4, 0.5) is 5.69 Å². The standard InChI is InChI=1S/C24H30N4O/c1-24(2)18(14-23(24)26-16-19-9-7-8-12-25-19)13-20-15-22(29-27-20)17-28(3)21-10-5-4-6-11-21/h4-12,15,18,23,26H,13-14,16-17H2,1-3H3. The number of nitrogens with zero attached hydrogens (tertiary/aromatic N) is 3. The number of benzene rings is 1. The first-order chi connectivity index (χ1) is 14.0. The highest BCUT2D eigenvalue weighted by atomic mass is 16.5. The third-order valence-electron chi connectivity index (χ3n) is 6.38. The van der Waals surface area contributed by atoms with Crippen LogP contribution in [0.1, 0.15) is 37.4 Å². The van der Waals surface area contributed by atoms with Crippen molar-refractivity contribution in [1.29, 1.82) is 0 Å². The van der Waals surface area contributed by atoms with E-state index in [1.54, 1.807) is 0 Å². The van der Waals surface area contributed by atoms with Crippen molar-refractivity contribution < 1.29 is 4.52 Å². The molecule has 1 aliphatic rings. The summed E-state index contributed by atoms with van der Waals surface area (Å²) in [7, 11) is 2.07. The van der Waals surface area contributed by atoms with E-state index in [4.69, 9.17) is 4.52 Å². The summed E-state index contributed by atoms with van der Waals surface area (Å²) in [6, 6.07) is 19.0. The molecule has 3 aromatic rings. The minimum absolute atomic E-state index is 0.231. The lowest BCUT2D eigenvalue weighted by Crippen LogP contribution is -2.57. The Kier molecular flexibility index (Phi) is 5.67. The number of nitrogens with one attached hydrogen (secondary N) is 1. The van der Waals surface area contributed by atoms with Gasteiger partial charge in [-0.25, -0.2) is 0 Å². The molecule has 0 spiro atoms. The van der Waals surface area contributed by atoms with Gasteiger partial charge in [-0.1, -0.05) is 43.3 Å². The van der Waals surface area contributed by atoms with Crippen molar-refractivity contribution in [2.45, 2.75) is 45.8 Å². The zero-order valence-corrected chi connectivity index (χ0v) is 17.5. The van der Waals surface area contributed by atoms with Gasteiger partial charge in [-0.15, -0.1) is 0 Å². The van der Waals surface area contributed by atoms with Crippen LogP contribution < -0.4 is 10.2 Å². The van der Waals surface area contributed by atoms with Gasteiger partial charge in [0.1, 0.15) is 0 Å². The fourth-order valence-electron chi connectivity index (χ4n) is 4.23. The summed E-state index contributed by atoms with van der Waals surface area (Å²) in [6.07, 6.45) is 3.97. The minimum Gasteiger partial charge on any atom is -0.367 e. The number of aromatic nitrogens is 2. The van der Waals surface area contributed by atoms with Crippen molar-refractivity contribution in [2.24, 2.45) is 11.3 Å². The predicted octanol–water partition coefficient (Wildman–Crippen LogP) is 4.45. The molecule has 29 heavy (non-hydrogen) atoms. The van der Waals surface area contributed by atoms with Crippen LogP contribution >= 0.6 is 0 Å². The van der Waals surface area contributed by atoms with Crippen molar-refractivity contribution in [1.82, 2.24) is 15.5 Å². The van der Waals surface area contributed by atoms with Gasteiger partial charge in [-0.2, -0.15) is 0 Å². The summed E-state index contributed by atoms with van der Waals surface area (Å²) in [6.45, 7) is 6.24. The van der Waals surface area contributed by atoms with E-state index in [1.807, 2.05) is 24.4 Å². The van der Waals surface area contributed by atoms with Gasteiger partial charge in [0.25, 0.3) is 0 Å². The van der Waals surface area contributed by atoms with Crippen molar-refractivity contribution in [3.05, 3.63) is 77.9 Å². The molecule has 0 amide bonds. The first-order valence-corrected chi connectivity index (χ1v) is 10.4. The second-order valence-electron chi connectivity index (χ2n) is 8.69. The smallest absolute Gasteiger partial charge is 0.156 e. The average molecular weight is 391 g/mol. The Bertz CT molecular complexity index is 907. The van der Waals surface area contributed by atoms with Crippen molar-refractivity contribution >= 4 is 5.69 Å². The lowest BCUT2D eigenvalue weighted by Gasteiger charge is -2.52. The van der Waals surface area contributed by atoms with E-state index in [0.29, 0.717) is 12.0 Å². The van der Waals surface area contributed by atoms with E-state index in [2.05, 4.69) is 77.7 Å². The zero-order chi connectivity index (χ0) is 20.3. The van der Waals surface area contributed by atoms with E-state index in [0.717, 1.165) is 43.1 Å². The van der Waals surface area contributed by atoms with Crippen molar-refractivity contribution in [3.8, 4) is 0 Å². The average Bonchev–Trinajstić information content (AvgIpc) is 3.18. The topological polar surface area (TPSA) is 54.2 Å². The molecular formula is C24H30N4O. The Labute approximate surface area is 173 Å². The van der Waals surface area contributed by atoms with Crippen LogP contribution in [0.15, 0.2) is 65.3 Å². The van der Waals surface area contributed by atoms with Gasteiger partial charge in [0.2, 0.25) is 0 Å². The largest absolute Gasteiger partial charge is 0.367 e. The maximum absolute atomic E-state index is 5.61. The highest BCUT2D eigenvalue weighted by molar-refractivity contribution is 5.45. The SMILES string of the molecule is CN(Cc1cc(CC2CC(NCc3ccccn3)C2(C)C)no1)c1ccccc1. The highest BCUT2D eigenvalue weighted by Crippen LogP contribution is 2.47. The molecule has 2 atom stereocenters. The Balaban J connectivity index is 1.29. The number of rotatable bonds is 8. The molecule has 1 aliphatic carbocycles. The second-order valence-corrected chi connectivity index (χ2v) is 8.69. The molecule has 0 saturated heterocycles. The molecule has 2 unspecified atom stereocenters. The highest BCUT2D eigenvalue weighted by Gasteiger charge is 2.47. The number of hydrogen-bond donors (Lipinski definition) is 1. The molecule has 5 nitrogen and oxygen atoms in total. The molecule has 2 aromatic heterocycles. The van der Waals surface area contributed by atoms with E-state index in [1.165, 1.54) is 5.69 Å². The Morgan fingerprint density at radius 1 is 1.10 bits per heavy atom. The Morgan fingerprint density at radius 2 is 1.90 bits per heavy atom. The molecule has 1 fully saturated rings. The van der Waals surface area contributed by atoms with Crippen LogP contribution in [-0.2, 0) is 19.5 Å². The van der Waals surface area contributed by atoms with Crippen molar-refractivity contribution in [3.63, 3.8) is 0 Å². The first-order valence-electron chi connectivity index (χ1n) is 10.4. The Hall–Kier alpha value is -2.66. The maximum Gasteiger partial charge on any atom is 0.156 e. The zero-order valence-electron chi connectivity index (χ0n) is 17.5. The summed E-state index contributed by atoms with van der Waals surface area (Å²) >= 11 is 0. The number of para-hydroxylation sites is 1. The summed E-state index contributed by atoms with van der Waals surface area (Å²) in [4.78, 5) is 6.58. The number of anilines is 1. The fourth-order valence-corrected chi connectivity index (χ4v) is 4.23. The summed E-state index contributed by atoms with van der Waals surface area (Å²) in [5.74, 6) is 1.52. The second kappa shape index (κ2) is 8.37. The third-order valence-corrected chi connectivity index (χ3v) is 6.38. The molecule has 4 rings (SSSR count). The van der Waals surface area contributed by atoms with Gasteiger partial charge in [0.05, 0.1) is 17.9 Å². The van der Waals surface area contributed by atoms with Crippen LogP contribution in [0.25, 0.3) is 0 Å². The Morgan fingerprint density at radius 3 is 2.62 bits per heavy atom. The maximum atomic E-state index is 5.61. The predicted molar refractivity (Wildman–Crippen MR) is 116 cm³/mol. The van der Waals surface area contributed by atoms with Crippen LogP contribution in [-0.4, -0.2) is 23.2 Å². The lowest BCUT2D eigenvalue weighted by atomic mass is 9.57. The minimum atomic E-state index is 0.231. The molecule has 0 bridgehead atoms. The number of hydrogen-bond acceptors (Lipinski definition) is 5. The van der Waals surface area contributed by atoms with E-state index in [-0.39, 0.29) is 5.41 Å². The van der Waals surface area contributed by atoms with E-state index < -0.39 is 0 Å². The molecule has 0 radical (unpaired) electrons. The summed E-state index contributed by atoms with van der Waals surface area (Å²) in [5.41, 5.74) is 3.56. The van der Waals surface area contributed by atoms with Crippen LogP contribution in [0, 0.1) is 11.3 Å². The quantitative estimate of drug-likeness (QED) is 0.616. The number of pyridine rings is 1. The monoisotopic (exact) mass is 390 g/mol. The molecule has 152 valence electrons. The fraction of sp³-hybridized carbons (Fsp3) is 0.417. The van der Waals surface area contributed by atoms with Gasteiger partial charge in [0, 0.05) is 37.6 Å². The molecule has 5 heteroatoms. The summed E-state index contributed by atoms with van der Waals surface area (Å²) < 4.78 is 5.61. The normalized spacial score (nSPS) is 20.2. The molecule has 1 saturated carbocycles. The lowest BCUT2D eigenvalue weighted by molar-refractivity contribution is 0.0123. The van der Waals surface area contributed by atoms with E-state index in [9.17, 15) is 0 Å². The van der Waals surface area contributed by atoms with Gasteiger partial charge in [0.15, 0.2) is 5.76 Å². The molecule has 0 aliphatic heterocycles. The van der Waals surface area contributed by atoms with Crippen LogP contribution in [0.2, 0.25) is 0 Å².